The Bertz CT molecular complexity index is 134. The number of hydrogen-bond acceptors (Lipinski definition) is 3. The molecule has 4 heteroatoms. The first-order chi connectivity index (χ1) is 5.00. The zero-order valence-electron chi connectivity index (χ0n) is 7.37. The number of ether oxygens (including phenoxy) is 1. The molecule has 0 rings (SSSR count). The predicted octanol–water partition coefficient (Wildman–Crippen LogP) is -0.530. The molecule has 0 bridgehead atoms. The number of methoxy groups -OCH3 is 1. The number of aliphatic hydroxyl groups excluding tert-OH is 1. The van der Waals surface area contributed by atoms with Gasteiger partial charge in [0, 0.05) is 21.2 Å². The minimum Gasteiger partial charge on any atom is -0.390 e. The van der Waals surface area contributed by atoms with Crippen LogP contribution in [0, 0.1) is 0 Å². The van der Waals surface area contributed by atoms with Crippen molar-refractivity contribution in [3.8, 4) is 0 Å². The minimum absolute atomic E-state index is 0.220. The van der Waals surface area contributed by atoms with Gasteiger partial charge >= 0.3 is 0 Å². The molecule has 0 aliphatic rings. The zero-order valence-corrected chi connectivity index (χ0v) is 7.37. The number of nitrogens with zero attached hydrogens (tertiary/aromatic N) is 1. The van der Waals surface area contributed by atoms with E-state index in [2.05, 4.69) is 0 Å². The highest BCUT2D eigenvalue weighted by molar-refractivity contribution is 5.80. The van der Waals surface area contributed by atoms with Crippen molar-refractivity contribution < 1.29 is 14.6 Å². The van der Waals surface area contributed by atoms with E-state index in [1.54, 1.807) is 14.1 Å². The van der Waals surface area contributed by atoms with E-state index in [0.717, 1.165) is 0 Å². The molecule has 0 saturated heterocycles. The number of carbonyl (C=O) groups excluding carboxylic acids is 1. The van der Waals surface area contributed by atoms with Crippen LogP contribution >= 0.6 is 0 Å². The van der Waals surface area contributed by atoms with Gasteiger partial charge in [-0.1, -0.05) is 0 Å². The minimum atomic E-state index is -0.769. The summed E-state index contributed by atoms with van der Waals surface area (Å²) in [5.41, 5.74) is 0. The number of aliphatic hydroxyl groups is 1. The lowest BCUT2D eigenvalue weighted by Gasteiger charge is -2.20. The van der Waals surface area contributed by atoms with E-state index < -0.39 is 12.2 Å². The highest BCUT2D eigenvalue weighted by Crippen LogP contribution is 2.00. The average molecular weight is 161 g/mol. The van der Waals surface area contributed by atoms with Gasteiger partial charge in [-0.2, -0.15) is 0 Å². The molecule has 0 aromatic rings. The van der Waals surface area contributed by atoms with Crippen molar-refractivity contribution in [2.75, 3.05) is 21.2 Å². The van der Waals surface area contributed by atoms with Gasteiger partial charge in [-0.15, -0.1) is 0 Å². The van der Waals surface area contributed by atoms with E-state index in [9.17, 15) is 4.79 Å². The molecule has 1 amide bonds. The Kier molecular flexibility index (Phi) is 4.07. The Hall–Kier alpha value is -0.610. The van der Waals surface area contributed by atoms with Crippen molar-refractivity contribution in [1.82, 2.24) is 4.90 Å². The molecule has 0 aromatic heterocycles. The second-order valence-electron chi connectivity index (χ2n) is 2.63. The Morgan fingerprint density at radius 1 is 1.55 bits per heavy atom. The molecule has 2 atom stereocenters. The van der Waals surface area contributed by atoms with Crippen LogP contribution in [-0.2, 0) is 9.53 Å². The van der Waals surface area contributed by atoms with Crippen molar-refractivity contribution in [1.29, 1.82) is 0 Å². The molecule has 0 heterocycles. The average Bonchev–Trinajstić information content (AvgIpc) is 1.88. The third kappa shape index (κ3) is 2.86. The first-order valence-electron chi connectivity index (χ1n) is 3.42. The van der Waals surface area contributed by atoms with Crippen molar-refractivity contribution in [2.45, 2.75) is 19.1 Å². The maximum absolute atomic E-state index is 11.2. The largest absolute Gasteiger partial charge is 0.390 e. The van der Waals surface area contributed by atoms with Crippen LogP contribution in [0.2, 0.25) is 0 Å². The maximum Gasteiger partial charge on any atom is 0.253 e. The van der Waals surface area contributed by atoms with Crippen LogP contribution in [0.1, 0.15) is 6.92 Å². The molecule has 0 aliphatic heterocycles. The number of amides is 1. The third-order valence-corrected chi connectivity index (χ3v) is 1.38. The van der Waals surface area contributed by atoms with Gasteiger partial charge in [0.15, 0.2) is 6.10 Å². The van der Waals surface area contributed by atoms with Gasteiger partial charge in [0.05, 0.1) is 6.10 Å². The topological polar surface area (TPSA) is 49.8 Å². The first-order valence-corrected chi connectivity index (χ1v) is 3.42. The molecule has 0 aliphatic carbocycles. The quantitative estimate of drug-likeness (QED) is 0.605. The lowest BCUT2D eigenvalue weighted by Crippen LogP contribution is -2.41. The summed E-state index contributed by atoms with van der Waals surface area (Å²) in [7, 11) is 4.65. The zero-order chi connectivity index (χ0) is 9.02. The molecule has 2 unspecified atom stereocenters. The molecule has 0 fully saturated rings. The van der Waals surface area contributed by atoms with Gasteiger partial charge in [-0.05, 0) is 6.92 Å². The lowest BCUT2D eigenvalue weighted by atomic mass is 10.2. The summed E-state index contributed by atoms with van der Waals surface area (Å²) in [6.45, 7) is 1.52. The number of likely N-dealkylation sites (N-methyl/N-ethyl adjacent to an activating group) is 1. The van der Waals surface area contributed by atoms with Crippen LogP contribution in [0.25, 0.3) is 0 Å². The summed E-state index contributed by atoms with van der Waals surface area (Å²) >= 11 is 0. The number of hydrogen-bond donors (Lipinski definition) is 1. The second kappa shape index (κ2) is 4.31. The molecule has 1 N–H and O–H groups in total. The summed E-state index contributed by atoms with van der Waals surface area (Å²) in [6, 6.07) is 0. The molecule has 4 nitrogen and oxygen atoms in total. The SMILES string of the molecule is COC(C(=O)N(C)C)C(C)O. The van der Waals surface area contributed by atoms with Crippen LogP contribution in [0.15, 0.2) is 0 Å². The van der Waals surface area contributed by atoms with Crippen molar-refractivity contribution in [3.05, 3.63) is 0 Å². The van der Waals surface area contributed by atoms with Gasteiger partial charge in [-0.3, -0.25) is 4.79 Å². The fourth-order valence-corrected chi connectivity index (χ4v) is 0.759. The van der Waals surface area contributed by atoms with E-state index in [0.29, 0.717) is 0 Å². The third-order valence-electron chi connectivity index (χ3n) is 1.38. The number of carbonyl (C=O) groups is 1. The van der Waals surface area contributed by atoms with Crippen molar-refractivity contribution in [3.63, 3.8) is 0 Å². The lowest BCUT2D eigenvalue weighted by molar-refractivity contribution is -0.145. The Balaban J connectivity index is 4.15. The fraction of sp³-hybridized carbons (Fsp3) is 0.857. The Labute approximate surface area is 66.8 Å². The van der Waals surface area contributed by atoms with Crippen LogP contribution < -0.4 is 0 Å². The molecule has 0 saturated carbocycles. The first kappa shape index (κ1) is 10.4. The summed E-state index contributed by atoms with van der Waals surface area (Å²) in [5, 5.41) is 9.06. The maximum atomic E-state index is 11.2. The summed E-state index contributed by atoms with van der Waals surface area (Å²) < 4.78 is 4.79. The summed E-state index contributed by atoms with van der Waals surface area (Å²) in [6.07, 6.45) is -1.51. The highest BCUT2D eigenvalue weighted by Gasteiger charge is 2.24. The van der Waals surface area contributed by atoms with Gasteiger partial charge in [-0.25, -0.2) is 0 Å². The number of rotatable bonds is 3. The molecular weight excluding hydrogens is 146 g/mol. The standard InChI is InChI=1S/C7H15NO3/c1-5(9)6(11-4)7(10)8(2)3/h5-6,9H,1-4H3. The molecule has 0 aromatic carbocycles. The molecule has 0 radical (unpaired) electrons. The van der Waals surface area contributed by atoms with E-state index in [1.807, 2.05) is 0 Å². The molecule has 11 heavy (non-hydrogen) atoms. The van der Waals surface area contributed by atoms with Gasteiger partial charge in [0.25, 0.3) is 5.91 Å². The molecule has 66 valence electrons. The van der Waals surface area contributed by atoms with Crippen LogP contribution in [0.3, 0.4) is 0 Å². The second-order valence-corrected chi connectivity index (χ2v) is 2.63. The summed E-state index contributed by atoms with van der Waals surface area (Å²) in [4.78, 5) is 12.5. The Morgan fingerprint density at radius 2 is 2.00 bits per heavy atom. The van der Waals surface area contributed by atoms with E-state index in [1.165, 1.54) is 18.9 Å². The van der Waals surface area contributed by atoms with Crippen molar-refractivity contribution >= 4 is 5.91 Å². The van der Waals surface area contributed by atoms with Crippen LogP contribution in [0.4, 0.5) is 0 Å². The Morgan fingerprint density at radius 3 is 2.09 bits per heavy atom. The van der Waals surface area contributed by atoms with Gasteiger partial charge in [0.1, 0.15) is 0 Å². The van der Waals surface area contributed by atoms with Crippen molar-refractivity contribution in [2.24, 2.45) is 0 Å². The smallest absolute Gasteiger partial charge is 0.253 e. The fourth-order valence-electron chi connectivity index (χ4n) is 0.759. The normalized spacial score (nSPS) is 15.7. The van der Waals surface area contributed by atoms with E-state index in [4.69, 9.17) is 9.84 Å². The predicted molar refractivity (Wildman–Crippen MR) is 41.2 cm³/mol. The van der Waals surface area contributed by atoms with E-state index >= 15 is 0 Å². The monoisotopic (exact) mass is 161 g/mol. The van der Waals surface area contributed by atoms with Crippen LogP contribution in [0.5, 0.6) is 0 Å². The highest BCUT2D eigenvalue weighted by atomic mass is 16.5. The summed E-state index contributed by atoms with van der Waals surface area (Å²) in [5.74, 6) is -0.220. The molecule has 0 spiro atoms. The van der Waals surface area contributed by atoms with Gasteiger partial charge < -0.3 is 14.7 Å². The van der Waals surface area contributed by atoms with E-state index in [-0.39, 0.29) is 5.91 Å². The molecular formula is C7H15NO3. The van der Waals surface area contributed by atoms with Gasteiger partial charge in [0.2, 0.25) is 0 Å². The van der Waals surface area contributed by atoms with Crippen LogP contribution in [-0.4, -0.2) is 49.3 Å².